The summed E-state index contributed by atoms with van der Waals surface area (Å²) in [4.78, 5) is 24.4. The lowest BCUT2D eigenvalue weighted by Crippen LogP contribution is -2.53. The zero-order valence-electron chi connectivity index (χ0n) is 13.7. The first-order valence-corrected chi connectivity index (χ1v) is 9.42. The molecule has 1 saturated carbocycles. The number of ether oxygens (including phenoxy) is 1. The van der Waals surface area contributed by atoms with E-state index < -0.39 is 33.2 Å². The highest BCUT2D eigenvalue weighted by atomic mass is 32.2. The number of hydrogen-bond donors (Lipinski definition) is 2. The van der Waals surface area contributed by atoms with Gasteiger partial charge in [-0.05, 0) is 46.5 Å². The number of amides is 2. The van der Waals surface area contributed by atoms with E-state index in [1.54, 1.807) is 20.8 Å². The van der Waals surface area contributed by atoms with Crippen molar-refractivity contribution in [1.29, 1.82) is 0 Å². The number of rotatable bonds is 1. The van der Waals surface area contributed by atoms with Crippen molar-refractivity contribution in [1.82, 2.24) is 10.0 Å². The largest absolute Gasteiger partial charge is 0.444 e. The van der Waals surface area contributed by atoms with Crippen molar-refractivity contribution in [2.75, 3.05) is 5.75 Å². The Labute approximate surface area is 136 Å². The van der Waals surface area contributed by atoms with Crippen molar-refractivity contribution in [3.05, 3.63) is 12.2 Å². The fourth-order valence-electron chi connectivity index (χ4n) is 2.57. The highest BCUT2D eigenvalue weighted by molar-refractivity contribution is 7.90. The molecule has 1 fully saturated rings. The van der Waals surface area contributed by atoms with Gasteiger partial charge in [0.05, 0.1) is 5.75 Å². The Bertz CT molecular complexity index is 620. The second-order valence-electron chi connectivity index (χ2n) is 7.08. The molecule has 0 saturated heterocycles. The molecule has 0 aromatic rings. The molecule has 2 aliphatic rings. The van der Waals surface area contributed by atoms with Crippen molar-refractivity contribution < 1.29 is 22.7 Å². The maximum Gasteiger partial charge on any atom is 0.408 e. The van der Waals surface area contributed by atoms with E-state index in [9.17, 15) is 18.0 Å². The molecule has 0 bridgehead atoms. The summed E-state index contributed by atoms with van der Waals surface area (Å²) >= 11 is 0. The molecule has 0 aromatic heterocycles. The summed E-state index contributed by atoms with van der Waals surface area (Å²) in [7, 11) is -3.68. The summed E-state index contributed by atoms with van der Waals surface area (Å²) < 4.78 is 31.1. The Balaban J connectivity index is 2.18. The average Bonchev–Trinajstić information content (AvgIpc) is 3.04. The standard InChI is InChI=1S/C15H24N2O5S/c1-14(2,3)22-13(19)16-15-10-11(15)8-6-4-5-7-9-23(20,21)17-12(15)18/h6,8,11H,4-5,7,9-10H2,1-3H3,(H,16,19)(H,17,18)/b8-6-/t11-,15-/m1/s1. The molecule has 0 spiro atoms. The molecular formula is C15H24N2O5S. The first-order valence-electron chi connectivity index (χ1n) is 7.77. The van der Waals surface area contributed by atoms with Crippen molar-refractivity contribution in [3.63, 3.8) is 0 Å². The Kier molecular flexibility index (Phi) is 4.75. The molecule has 7 nitrogen and oxygen atoms in total. The third kappa shape index (κ3) is 4.70. The molecule has 1 aliphatic carbocycles. The number of carbonyl (C=O) groups excluding carboxylic acids is 2. The van der Waals surface area contributed by atoms with Gasteiger partial charge in [-0.15, -0.1) is 0 Å². The number of carbonyl (C=O) groups is 2. The Hall–Kier alpha value is -1.57. The van der Waals surface area contributed by atoms with Crippen LogP contribution in [0, 0.1) is 5.92 Å². The lowest BCUT2D eigenvalue weighted by atomic mass is 10.1. The van der Waals surface area contributed by atoms with Crippen LogP contribution in [0.3, 0.4) is 0 Å². The first-order chi connectivity index (χ1) is 10.5. The zero-order chi connectivity index (χ0) is 17.3. The predicted molar refractivity (Wildman–Crippen MR) is 85.1 cm³/mol. The van der Waals surface area contributed by atoms with Gasteiger partial charge in [-0.3, -0.25) is 9.52 Å². The number of hydrogen-bond acceptors (Lipinski definition) is 5. The quantitative estimate of drug-likeness (QED) is 0.701. The van der Waals surface area contributed by atoms with Gasteiger partial charge >= 0.3 is 6.09 Å². The lowest BCUT2D eigenvalue weighted by Gasteiger charge is -2.23. The van der Waals surface area contributed by atoms with Crippen LogP contribution in [0.25, 0.3) is 0 Å². The molecule has 1 aliphatic heterocycles. The molecule has 2 N–H and O–H groups in total. The molecule has 2 amide bonds. The van der Waals surface area contributed by atoms with Crippen LogP contribution in [0.2, 0.25) is 0 Å². The fraction of sp³-hybridized carbons (Fsp3) is 0.733. The van der Waals surface area contributed by atoms with E-state index in [0.717, 1.165) is 12.8 Å². The number of sulfonamides is 1. The van der Waals surface area contributed by atoms with Crippen LogP contribution in [-0.4, -0.2) is 37.3 Å². The molecular weight excluding hydrogens is 320 g/mol. The van der Waals surface area contributed by atoms with Gasteiger partial charge in [0.2, 0.25) is 10.0 Å². The van der Waals surface area contributed by atoms with E-state index in [4.69, 9.17) is 4.74 Å². The van der Waals surface area contributed by atoms with Gasteiger partial charge in [0.15, 0.2) is 0 Å². The highest BCUT2D eigenvalue weighted by Crippen LogP contribution is 2.45. The second kappa shape index (κ2) is 6.14. The van der Waals surface area contributed by atoms with Crippen LogP contribution in [0.1, 0.15) is 46.5 Å². The highest BCUT2D eigenvalue weighted by Gasteiger charge is 2.61. The monoisotopic (exact) mass is 344 g/mol. The van der Waals surface area contributed by atoms with Gasteiger partial charge in [0, 0.05) is 5.92 Å². The molecule has 23 heavy (non-hydrogen) atoms. The minimum atomic E-state index is -3.68. The van der Waals surface area contributed by atoms with E-state index in [1.807, 2.05) is 12.2 Å². The van der Waals surface area contributed by atoms with Gasteiger partial charge in [-0.2, -0.15) is 0 Å². The maximum absolute atomic E-state index is 12.4. The molecule has 2 rings (SSSR count). The van der Waals surface area contributed by atoms with Gasteiger partial charge in [-0.25, -0.2) is 13.2 Å². The maximum atomic E-state index is 12.4. The minimum absolute atomic E-state index is 0.0975. The molecule has 2 atom stereocenters. The lowest BCUT2D eigenvalue weighted by molar-refractivity contribution is -0.122. The third-order valence-electron chi connectivity index (χ3n) is 3.79. The molecule has 1 heterocycles. The topological polar surface area (TPSA) is 102 Å². The van der Waals surface area contributed by atoms with Crippen LogP contribution in [0.5, 0.6) is 0 Å². The van der Waals surface area contributed by atoms with Crippen molar-refractivity contribution >= 4 is 22.0 Å². The van der Waals surface area contributed by atoms with Crippen LogP contribution in [0.4, 0.5) is 4.79 Å². The van der Waals surface area contributed by atoms with Crippen LogP contribution >= 0.6 is 0 Å². The summed E-state index contributed by atoms with van der Waals surface area (Å²) in [5, 5.41) is 2.56. The zero-order valence-corrected chi connectivity index (χ0v) is 14.5. The molecule has 0 aromatic carbocycles. The van der Waals surface area contributed by atoms with E-state index in [-0.39, 0.29) is 11.7 Å². The fourth-order valence-corrected chi connectivity index (χ4v) is 3.72. The Morgan fingerprint density at radius 2 is 2.09 bits per heavy atom. The van der Waals surface area contributed by atoms with Gasteiger partial charge in [0.25, 0.3) is 5.91 Å². The van der Waals surface area contributed by atoms with Crippen molar-refractivity contribution in [3.8, 4) is 0 Å². The minimum Gasteiger partial charge on any atom is -0.444 e. The molecule has 0 unspecified atom stereocenters. The Morgan fingerprint density at radius 3 is 2.74 bits per heavy atom. The van der Waals surface area contributed by atoms with Crippen LogP contribution in [-0.2, 0) is 19.6 Å². The average molecular weight is 344 g/mol. The number of fused-ring (bicyclic) bond motifs is 1. The number of allylic oxidation sites excluding steroid dienone is 1. The van der Waals surface area contributed by atoms with Gasteiger partial charge in [-0.1, -0.05) is 12.2 Å². The van der Waals surface area contributed by atoms with Crippen LogP contribution < -0.4 is 10.0 Å². The second-order valence-corrected chi connectivity index (χ2v) is 8.92. The van der Waals surface area contributed by atoms with Crippen molar-refractivity contribution in [2.24, 2.45) is 5.92 Å². The number of nitrogens with one attached hydrogen (secondary N) is 2. The van der Waals surface area contributed by atoms with E-state index in [0.29, 0.717) is 12.8 Å². The van der Waals surface area contributed by atoms with Gasteiger partial charge in [0.1, 0.15) is 11.1 Å². The Morgan fingerprint density at radius 1 is 1.39 bits per heavy atom. The summed E-state index contributed by atoms with van der Waals surface area (Å²) in [5.74, 6) is -1.01. The molecule has 0 radical (unpaired) electrons. The van der Waals surface area contributed by atoms with Crippen molar-refractivity contribution in [2.45, 2.75) is 57.6 Å². The first kappa shape index (κ1) is 17.8. The summed E-state index contributed by atoms with van der Waals surface area (Å²) in [6.07, 6.45) is 5.43. The summed E-state index contributed by atoms with van der Waals surface area (Å²) in [6.45, 7) is 5.16. The molecule has 130 valence electrons. The van der Waals surface area contributed by atoms with Crippen LogP contribution in [0.15, 0.2) is 12.2 Å². The number of alkyl carbamates (subject to hydrolysis) is 1. The molecule has 8 heteroatoms. The predicted octanol–water partition coefficient (Wildman–Crippen LogP) is 1.46. The summed E-state index contributed by atoms with van der Waals surface area (Å²) in [5.41, 5.74) is -1.94. The van der Waals surface area contributed by atoms with E-state index in [1.165, 1.54) is 0 Å². The van der Waals surface area contributed by atoms with Gasteiger partial charge < -0.3 is 10.1 Å². The third-order valence-corrected chi connectivity index (χ3v) is 5.12. The summed E-state index contributed by atoms with van der Waals surface area (Å²) in [6, 6.07) is 0. The normalized spacial score (nSPS) is 31.8. The smallest absolute Gasteiger partial charge is 0.408 e. The van der Waals surface area contributed by atoms with E-state index in [2.05, 4.69) is 10.0 Å². The van der Waals surface area contributed by atoms with E-state index >= 15 is 0 Å². The SMILES string of the molecule is CC(C)(C)OC(=O)N[C@]12C[C@H]1/C=C\CCCCS(=O)(=O)NC2=O.